The van der Waals surface area contributed by atoms with Gasteiger partial charge in [0.15, 0.2) is 0 Å². The van der Waals surface area contributed by atoms with E-state index in [1.165, 1.54) is 11.6 Å². The summed E-state index contributed by atoms with van der Waals surface area (Å²) in [6, 6.07) is 0.0239. The largest absolute Gasteiger partial charge is 0.385 e. The van der Waals surface area contributed by atoms with Crippen molar-refractivity contribution in [3.05, 3.63) is 20.8 Å². The van der Waals surface area contributed by atoms with Gasteiger partial charge in [0.25, 0.3) is 5.56 Å². The van der Waals surface area contributed by atoms with Gasteiger partial charge in [-0.1, -0.05) is 0 Å². The van der Waals surface area contributed by atoms with Crippen molar-refractivity contribution in [2.75, 3.05) is 24.8 Å². The van der Waals surface area contributed by atoms with E-state index in [-0.39, 0.29) is 17.5 Å². The van der Waals surface area contributed by atoms with Crippen molar-refractivity contribution in [3.8, 4) is 0 Å². The molecule has 1 rings (SSSR count). The maximum atomic E-state index is 11.6. The first-order chi connectivity index (χ1) is 7.97. The molecule has 96 valence electrons. The van der Waals surface area contributed by atoms with Gasteiger partial charge in [-0.2, -0.15) is 0 Å². The number of hydrogen-bond donors (Lipinski definition) is 3. The molecule has 0 aromatic carbocycles. The molecule has 1 unspecified atom stereocenters. The number of H-pyrrole nitrogens is 1. The van der Waals surface area contributed by atoms with Crippen LogP contribution in [0.2, 0.25) is 0 Å². The highest BCUT2D eigenvalue weighted by Crippen LogP contribution is 2.10. The summed E-state index contributed by atoms with van der Waals surface area (Å²) in [7, 11) is 3.11. The SMILES string of the molecule is COCCC(C)Nc1c(N)n(C)c(=O)[nH]c1=O. The van der Waals surface area contributed by atoms with Gasteiger partial charge in [-0.25, -0.2) is 4.79 Å². The fourth-order valence-electron chi connectivity index (χ4n) is 1.39. The van der Waals surface area contributed by atoms with Crippen LogP contribution in [0.5, 0.6) is 0 Å². The van der Waals surface area contributed by atoms with Crippen LogP contribution in [0.4, 0.5) is 11.5 Å². The molecule has 1 heterocycles. The summed E-state index contributed by atoms with van der Waals surface area (Å²) in [4.78, 5) is 25.0. The lowest BCUT2D eigenvalue weighted by molar-refractivity contribution is 0.191. The lowest BCUT2D eigenvalue weighted by atomic mass is 10.2. The average Bonchev–Trinajstić information content (AvgIpc) is 2.29. The van der Waals surface area contributed by atoms with E-state index in [0.29, 0.717) is 6.61 Å². The predicted octanol–water partition coefficient (Wildman–Crippen LogP) is -0.507. The number of anilines is 2. The van der Waals surface area contributed by atoms with E-state index in [1.54, 1.807) is 7.11 Å². The summed E-state index contributed by atoms with van der Waals surface area (Å²) < 4.78 is 6.13. The lowest BCUT2D eigenvalue weighted by Gasteiger charge is -2.16. The first-order valence-electron chi connectivity index (χ1n) is 5.31. The average molecular weight is 242 g/mol. The number of rotatable bonds is 5. The van der Waals surface area contributed by atoms with Gasteiger partial charge in [-0.15, -0.1) is 0 Å². The van der Waals surface area contributed by atoms with Crippen molar-refractivity contribution in [1.29, 1.82) is 0 Å². The summed E-state index contributed by atoms with van der Waals surface area (Å²) in [5.74, 6) is 0.128. The van der Waals surface area contributed by atoms with E-state index in [9.17, 15) is 9.59 Å². The predicted molar refractivity (Wildman–Crippen MR) is 66.3 cm³/mol. The minimum Gasteiger partial charge on any atom is -0.385 e. The Morgan fingerprint density at radius 2 is 2.18 bits per heavy atom. The second-order valence-electron chi connectivity index (χ2n) is 3.91. The zero-order valence-corrected chi connectivity index (χ0v) is 10.2. The Labute approximate surface area is 98.6 Å². The van der Waals surface area contributed by atoms with Crippen molar-refractivity contribution in [2.45, 2.75) is 19.4 Å². The standard InChI is InChI=1S/C10H18N4O3/c1-6(4-5-17-3)12-7-8(11)14(2)10(16)13-9(7)15/h6,12H,4-5,11H2,1-3H3,(H,13,15,16). The number of methoxy groups -OCH3 is 1. The summed E-state index contributed by atoms with van der Waals surface area (Å²) in [6.45, 7) is 2.49. The number of nitrogen functional groups attached to an aromatic ring is 1. The Bertz CT molecular complexity index is 491. The Hall–Kier alpha value is -1.76. The van der Waals surface area contributed by atoms with Crippen LogP contribution in [0.25, 0.3) is 0 Å². The Morgan fingerprint density at radius 3 is 2.76 bits per heavy atom. The van der Waals surface area contributed by atoms with Crippen LogP contribution in [-0.2, 0) is 11.8 Å². The third kappa shape index (κ3) is 3.10. The number of aromatic amines is 1. The molecule has 17 heavy (non-hydrogen) atoms. The third-order valence-corrected chi connectivity index (χ3v) is 2.52. The monoisotopic (exact) mass is 242 g/mol. The van der Waals surface area contributed by atoms with E-state index in [4.69, 9.17) is 10.5 Å². The highest BCUT2D eigenvalue weighted by atomic mass is 16.5. The van der Waals surface area contributed by atoms with Crippen LogP contribution in [0.1, 0.15) is 13.3 Å². The smallest absolute Gasteiger partial charge is 0.329 e. The fourth-order valence-corrected chi connectivity index (χ4v) is 1.39. The highest BCUT2D eigenvalue weighted by molar-refractivity contribution is 5.60. The molecule has 0 radical (unpaired) electrons. The lowest BCUT2D eigenvalue weighted by Crippen LogP contribution is -2.34. The maximum absolute atomic E-state index is 11.6. The first-order valence-corrected chi connectivity index (χ1v) is 5.31. The van der Waals surface area contributed by atoms with Gasteiger partial charge in [0, 0.05) is 26.8 Å². The molecule has 0 fully saturated rings. The van der Waals surface area contributed by atoms with Gasteiger partial charge >= 0.3 is 5.69 Å². The molecule has 0 saturated heterocycles. The van der Waals surface area contributed by atoms with Crippen molar-refractivity contribution >= 4 is 11.5 Å². The summed E-state index contributed by atoms with van der Waals surface area (Å²) in [5.41, 5.74) is 4.90. The third-order valence-electron chi connectivity index (χ3n) is 2.52. The van der Waals surface area contributed by atoms with Crippen molar-refractivity contribution in [2.24, 2.45) is 7.05 Å². The molecule has 1 aromatic rings. The molecule has 1 aromatic heterocycles. The van der Waals surface area contributed by atoms with E-state index in [0.717, 1.165) is 6.42 Å². The zero-order valence-electron chi connectivity index (χ0n) is 10.2. The molecule has 0 spiro atoms. The topological polar surface area (TPSA) is 102 Å². The molecule has 7 nitrogen and oxygen atoms in total. The number of aromatic nitrogens is 2. The molecular formula is C10H18N4O3. The minimum atomic E-state index is -0.525. The van der Waals surface area contributed by atoms with Crippen molar-refractivity contribution < 1.29 is 4.74 Å². The highest BCUT2D eigenvalue weighted by Gasteiger charge is 2.12. The molecule has 0 aliphatic rings. The van der Waals surface area contributed by atoms with E-state index in [2.05, 4.69) is 10.3 Å². The number of nitrogens with zero attached hydrogens (tertiary/aromatic N) is 1. The van der Waals surface area contributed by atoms with Gasteiger partial charge in [0.1, 0.15) is 11.5 Å². The van der Waals surface area contributed by atoms with E-state index in [1.807, 2.05) is 6.92 Å². The first kappa shape index (κ1) is 13.3. The van der Waals surface area contributed by atoms with Crippen LogP contribution >= 0.6 is 0 Å². The number of nitrogens with one attached hydrogen (secondary N) is 2. The van der Waals surface area contributed by atoms with Gasteiger partial charge in [-0.3, -0.25) is 14.3 Å². The molecule has 1 atom stereocenters. The van der Waals surface area contributed by atoms with Gasteiger partial charge in [0.2, 0.25) is 0 Å². The Balaban J connectivity index is 2.95. The second kappa shape index (κ2) is 5.53. The van der Waals surface area contributed by atoms with Crippen LogP contribution in [0, 0.1) is 0 Å². The molecule has 7 heteroatoms. The van der Waals surface area contributed by atoms with Crippen LogP contribution in [-0.4, -0.2) is 29.3 Å². The second-order valence-corrected chi connectivity index (χ2v) is 3.91. The van der Waals surface area contributed by atoms with Crippen LogP contribution in [0.15, 0.2) is 9.59 Å². The Morgan fingerprint density at radius 1 is 1.53 bits per heavy atom. The van der Waals surface area contributed by atoms with Gasteiger partial charge < -0.3 is 15.8 Å². The molecule has 0 aliphatic heterocycles. The van der Waals surface area contributed by atoms with Gasteiger partial charge in [-0.05, 0) is 13.3 Å². The Kier molecular flexibility index (Phi) is 4.33. The quantitative estimate of drug-likeness (QED) is 0.645. The molecule has 4 N–H and O–H groups in total. The van der Waals surface area contributed by atoms with E-state index >= 15 is 0 Å². The summed E-state index contributed by atoms with van der Waals surface area (Å²) in [5, 5.41) is 2.97. The zero-order chi connectivity index (χ0) is 13.0. The van der Waals surface area contributed by atoms with Crippen LogP contribution < -0.4 is 22.3 Å². The number of nitrogens with two attached hydrogens (primary N) is 1. The minimum absolute atomic E-state index is 0.0239. The van der Waals surface area contributed by atoms with Crippen molar-refractivity contribution in [1.82, 2.24) is 9.55 Å². The normalized spacial score (nSPS) is 12.4. The van der Waals surface area contributed by atoms with E-state index < -0.39 is 11.2 Å². The summed E-state index contributed by atoms with van der Waals surface area (Å²) >= 11 is 0. The number of ether oxygens (including phenoxy) is 1. The fraction of sp³-hybridized carbons (Fsp3) is 0.600. The van der Waals surface area contributed by atoms with Crippen molar-refractivity contribution in [3.63, 3.8) is 0 Å². The molecular weight excluding hydrogens is 224 g/mol. The van der Waals surface area contributed by atoms with Crippen LogP contribution in [0.3, 0.4) is 0 Å². The molecule has 0 aliphatic carbocycles. The molecule has 0 saturated carbocycles. The summed E-state index contributed by atoms with van der Waals surface area (Å²) in [6.07, 6.45) is 0.734. The number of hydrogen-bond acceptors (Lipinski definition) is 5. The molecule has 0 amide bonds. The molecule has 0 bridgehead atoms. The maximum Gasteiger partial charge on any atom is 0.329 e. The van der Waals surface area contributed by atoms with Gasteiger partial charge in [0.05, 0.1) is 0 Å².